The van der Waals surface area contributed by atoms with Crippen LogP contribution in [0.15, 0.2) is 15.6 Å². The van der Waals surface area contributed by atoms with Crippen LogP contribution in [-0.2, 0) is 14.8 Å². The number of carbonyl (C=O) groups excluding carboxylic acids is 1. The maximum Gasteiger partial charge on any atom is 0.341 e. The molecule has 0 amide bonds. The number of sulfonamides is 1. The smallest absolute Gasteiger partial charge is 0.341 e. The van der Waals surface area contributed by atoms with Gasteiger partial charge < -0.3 is 14.5 Å². The Labute approximate surface area is 130 Å². The normalized spacial score (nSPS) is 16.9. The number of hydrogen-bond acceptors (Lipinski definition) is 6. The van der Waals surface area contributed by atoms with Gasteiger partial charge in [-0.15, -0.1) is 12.4 Å². The number of hydrogen-bond donors (Lipinski definition) is 1. The highest BCUT2D eigenvalue weighted by Crippen LogP contribution is 2.23. The van der Waals surface area contributed by atoms with E-state index >= 15 is 0 Å². The van der Waals surface area contributed by atoms with Crippen LogP contribution < -0.4 is 5.32 Å². The molecular formula is C12H19ClN2O5S. The quantitative estimate of drug-likeness (QED) is 0.819. The minimum Gasteiger partial charge on any atom is -0.465 e. The molecule has 0 unspecified atom stereocenters. The summed E-state index contributed by atoms with van der Waals surface area (Å²) in [6.45, 7) is 3.74. The Hall–Kier alpha value is -1.09. The van der Waals surface area contributed by atoms with Crippen molar-refractivity contribution in [3.8, 4) is 0 Å². The van der Waals surface area contributed by atoms with Gasteiger partial charge in [0.05, 0.1) is 7.11 Å². The zero-order valence-corrected chi connectivity index (χ0v) is 13.6. The van der Waals surface area contributed by atoms with Crippen LogP contribution in [0.4, 0.5) is 0 Å². The first-order valence-corrected chi connectivity index (χ1v) is 7.80. The largest absolute Gasteiger partial charge is 0.465 e. The first-order valence-electron chi connectivity index (χ1n) is 6.36. The predicted molar refractivity (Wildman–Crippen MR) is 78.3 cm³/mol. The molecule has 0 atom stereocenters. The van der Waals surface area contributed by atoms with Gasteiger partial charge in [0, 0.05) is 25.7 Å². The molecular weight excluding hydrogens is 320 g/mol. The monoisotopic (exact) mass is 338 g/mol. The van der Waals surface area contributed by atoms with Crippen LogP contribution in [0.3, 0.4) is 0 Å². The lowest BCUT2D eigenvalue weighted by molar-refractivity contribution is 0.0599. The Morgan fingerprint density at radius 1 is 1.38 bits per heavy atom. The van der Waals surface area contributed by atoms with Crippen LogP contribution in [0.2, 0.25) is 0 Å². The molecule has 7 nitrogen and oxygen atoms in total. The second-order valence-electron chi connectivity index (χ2n) is 4.53. The second kappa shape index (κ2) is 7.26. The van der Waals surface area contributed by atoms with Crippen molar-refractivity contribution < 1.29 is 22.4 Å². The van der Waals surface area contributed by atoms with Gasteiger partial charge in [0.25, 0.3) is 10.0 Å². The first-order chi connectivity index (χ1) is 9.46. The lowest BCUT2D eigenvalue weighted by atomic mass is 10.3. The number of carbonyl (C=O) groups is 1. The van der Waals surface area contributed by atoms with E-state index in [-0.39, 0.29) is 28.8 Å². The summed E-state index contributed by atoms with van der Waals surface area (Å²) < 4.78 is 36.1. The van der Waals surface area contributed by atoms with E-state index in [0.29, 0.717) is 19.6 Å². The summed E-state index contributed by atoms with van der Waals surface area (Å²) in [5.41, 5.74) is 0.138. The van der Waals surface area contributed by atoms with E-state index in [4.69, 9.17) is 4.42 Å². The standard InChI is InChI=1S/C12H18N2O5S.ClH/c1-9-10(12(15)18-2)8-11(19-9)20(16,17)14-6-3-4-13-5-7-14;/h8,13H,3-7H2,1-2H3;1H. The van der Waals surface area contributed by atoms with E-state index in [1.54, 1.807) is 0 Å². The molecule has 9 heteroatoms. The molecule has 1 aromatic heterocycles. The first kappa shape index (κ1) is 18.0. The predicted octanol–water partition coefficient (Wildman–Crippen LogP) is 0.780. The molecule has 1 aliphatic rings. The van der Waals surface area contributed by atoms with Crippen LogP contribution in [0.1, 0.15) is 22.5 Å². The molecule has 0 aromatic carbocycles. The van der Waals surface area contributed by atoms with Crippen molar-refractivity contribution >= 4 is 28.4 Å². The highest BCUT2D eigenvalue weighted by atomic mass is 35.5. The van der Waals surface area contributed by atoms with Crippen LogP contribution in [-0.4, -0.2) is 52.0 Å². The average molecular weight is 339 g/mol. The van der Waals surface area contributed by atoms with Crippen molar-refractivity contribution in [2.45, 2.75) is 18.4 Å². The molecule has 2 rings (SSSR count). The third kappa shape index (κ3) is 3.76. The van der Waals surface area contributed by atoms with E-state index in [2.05, 4.69) is 10.1 Å². The SMILES string of the molecule is COC(=O)c1cc(S(=O)(=O)N2CCCNCC2)oc1C.Cl. The Bertz CT molecular complexity index is 591. The molecule has 1 aliphatic heterocycles. The van der Waals surface area contributed by atoms with Crippen molar-refractivity contribution in [2.24, 2.45) is 0 Å². The fourth-order valence-corrected chi connectivity index (χ4v) is 3.54. The lowest BCUT2D eigenvalue weighted by Crippen LogP contribution is -2.34. The van der Waals surface area contributed by atoms with E-state index in [1.807, 2.05) is 0 Å². The van der Waals surface area contributed by atoms with Gasteiger partial charge in [-0.2, -0.15) is 4.31 Å². The average Bonchev–Trinajstić information content (AvgIpc) is 2.66. The number of halogens is 1. The zero-order valence-electron chi connectivity index (χ0n) is 11.9. The minimum atomic E-state index is -3.71. The van der Waals surface area contributed by atoms with Gasteiger partial charge in [0.15, 0.2) is 0 Å². The van der Waals surface area contributed by atoms with Gasteiger partial charge in [-0.25, -0.2) is 13.2 Å². The van der Waals surface area contributed by atoms with Crippen molar-refractivity contribution in [1.29, 1.82) is 0 Å². The summed E-state index contributed by atoms with van der Waals surface area (Å²) in [7, 11) is -2.47. The van der Waals surface area contributed by atoms with Crippen LogP contribution >= 0.6 is 12.4 Å². The minimum absolute atomic E-state index is 0. The lowest BCUT2D eigenvalue weighted by Gasteiger charge is -2.17. The summed E-state index contributed by atoms with van der Waals surface area (Å²) in [5, 5.41) is 2.92. The number of methoxy groups -OCH3 is 1. The maximum absolute atomic E-state index is 12.5. The fraction of sp³-hybridized carbons (Fsp3) is 0.583. The van der Waals surface area contributed by atoms with Crippen molar-refractivity contribution in [3.05, 3.63) is 17.4 Å². The third-order valence-corrected chi connectivity index (χ3v) is 4.95. The second-order valence-corrected chi connectivity index (χ2v) is 6.40. The molecule has 1 aromatic rings. The van der Waals surface area contributed by atoms with Crippen molar-refractivity contribution in [2.75, 3.05) is 33.3 Å². The number of aryl methyl sites for hydroxylation is 1. The molecule has 1 fully saturated rings. The van der Waals surface area contributed by atoms with E-state index < -0.39 is 16.0 Å². The summed E-state index contributed by atoms with van der Waals surface area (Å²) in [6.07, 6.45) is 0.739. The molecule has 120 valence electrons. The van der Waals surface area contributed by atoms with Gasteiger partial charge in [-0.1, -0.05) is 0 Å². The van der Waals surface area contributed by atoms with E-state index in [0.717, 1.165) is 13.0 Å². The van der Waals surface area contributed by atoms with Crippen LogP contribution in [0.5, 0.6) is 0 Å². The Balaban J connectivity index is 0.00000220. The van der Waals surface area contributed by atoms with E-state index in [9.17, 15) is 13.2 Å². The number of rotatable bonds is 3. The van der Waals surface area contributed by atoms with Gasteiger partial charge in [0.2, 0.25) is 5.09 Å². The summed E-state index contributed by atoms with van der Waals surface area (Å²) in [5.74, 6) is -0.367. The molecule has 1 saturated heterocycles. The molecule has 2 heterocycles. The topological polar surface area (TPSA) is 88.9 Å². The Morgan fingerprint density at radius 2 is 2.10 bits per heavy atom. The molecule has 0 spiro atoms. The summed E-state index contributed by atoms with van der Waals surface area (Å²) in [4.78, 5) is 11.5. The Morgan fingerprint density at radius 3 is 2.76 bits per heavy atom. The number of ether oxygens (including phenoxy) is 1. The molecule has 0 bridgehead atoms. The number of nitrogens with zero attached hydrogens (tertiary/aromatic N) is 1. The zero-order chi connectivity index (χ0) is 14.8. The molecule has 0 saturated carbocycles. The third-order valence-electron chi connectivity index (χ3n) is 3.19. The van der Waals surface area contributed by atoms with Crippen LogP contribution in [0.25, 0.3) is 0 Å². The number of furan rings is 1. The van der Waals surface area contributed by atoms with E-state index in [1.165, 1.54) is 24.4 Å². The maximum atomic E-state index is 12.5. The number of esters is 1. The summed E-state index contributed by atoms with van der Waals surface area (Å²) >= 11 is 0. The molecule has 0 radical (unpaired) electrons. The Kier molecular flexibility index (Phi) is 6.21. The van der Waals surface area contributed by atoms with Gasteiger partial charge in [0.1, 0.15) is 11.3 Å². The number of nitrogens with one attached hydrogen (secondary N) is 1. The highest BCUT2D eigenvalue weighted by Gasteiger charge is 2.30. The van der Waals surface area contributed by atoms with Crippen molar-refractivity contribution in [1.82, 2.24) is 9.62 Å². The van der Waals surface area contributed by atoms with Gasteiger partial charge >= 0.3 is 5.97 Å². The molecule has 1 N–H and O–H groups in total. The summed E-state index contributed by atoms with van der Waals surface area (Å²) in [6, 6.07) is 1.23. The van der Waals surface area contributed by atoms with Gasteiger partial charge in [-0.05, 0) is 19.9 Å². The highest BCUT2D eigenvalue weighted by molar-refractivity contribution is 7.89. The van der Waals surface area contributed by atoms with Crippen molar-refractivity contribution in [3.63, 3.8) is 0 Å². The van der Waals surface area contributed by atoms with Gasteiger partial charge in [-0.3, -0.25) is 0 Å². The van der Waals surface area contributed by atoms with Crippen LogP contribution in [0, 0.1) is 6.92 Å². The molecule has 21 heavy (non-hydrogen) atoms. The molecule has 0 aliphatic carbocycles. The fourth-order valence-electron chi connectivity index (χ4n) is 2.08.